The number of fused-ring (bicyclic) bond motifs is 1. The first kappa shape index (κ1) is 13.2. The molecule has 0 saturated carbocycles. The minimum atomic E-state index is -0.953. The molecule has 0 fully saturated rings. The molecule has 21 heavy (non-hydrogen) atoms. The van der Waals surface area contributed by atoms with Crippen molar-refractivity contribution in [2.45, 2.75) is 6.92 Å². The first-order valence-corrected chi connectivity index (χ1v) is 6.50. The topological polar surface area (TPSA) is 59.7 Å². The van der Waals surface area contributed by atoms with Gasteiger partial charge < -0.3 is 14.3 Å². The number of aryl methyl sites for hydroxylation is 1. The second kappa shape index (κ2) is 4.98. The Kier molecular flexibility index (Phi) is 3.14. The van der Waals surface area contributed by atoms with Crippen LogP contribution in [0.5, 0.6) is 5.75 Å². The van der Waals surface area contributed by atoms with E-state index in [2.05, 4.69) is 0 Å². The Morgan fingerprint density at radius 1 is 1.14 bits per heavy atom. The van der Waals surface area contributed by atoms with E-state index in [9.17, 15) is 9.90 Å². The maximum atomic E-state index is 11.3. The molecule has 0 amide bonds. The molecular formula is C17H14O4. The number of carbonyl (C=O) groups is 1. The van der Waals surface area contributed by atoms with Gasteiger partial charge in [-0.05, 0) is 55.0 Å². The van der Waals surface area contributed by atoms with E-state index in [-0.39, 0.29) is 5.56 Å². The standard InChI is InChI=1S/C17H14O4/c1-10-7-14(17(18)19)13-9-15(21-16(13)8-10)11-3-5-12(20-2)6-4-11/h3-9H,1-2H3,(H,18,19). The van der Waals surface area contributed by atoms with Gasteiger partial charge in [0.2, 0.25) is 0 Å². The summed E-state index contributed by atoms with van der Waals surface area (Å²) in [4.78, 5) is 11.3. The summed E-state index contributed by atoms with van der Waals surface area (Å²) in [6.45, 7) is 1.85. The third kappa shape index (κ3) is 2.36. The number of rotatable bonds is 3. The Morgan fingerprint density at radius 3 is 2.48 bits per heavy atom. The first-order chi connectivity index (χ1) is 10.1. The van der Waals surface area contributed by atoms with Crippen LogP contribution in [0.4, 0.5) is 0 Å². The van der Waals surface area contributed by atoms with Gasteiger partial charge in [0, 0.05) is 10.9 Å². The van der Waals surface area contributed by atoms with Crippen molar-refractivity contribution in [3.63, 3.8) is 0 Å². The van der Waals surface area contributed by atoms with Crippen LogP contribution < -0.4 is 4.74 Å². The number of hydrogen-bond acceptors (Lipinski definition) is 3. The molecule has 0 radical (unpaired) electrons. The zero-order valence-electron chi connectivity index (χ0n) is 11.7. The summed E-state index contributed by atoms with van der Waals surface area (Å²) in [6.07, 6.45) is 0. The van der Waals surface area contributed by atoms with Crippen molar-refractivity contribution < 1.29 is 19.1 Å². The number of carboxylic acids is 1. The molecule has 3 aromatic rings. The second-order valence-corrected chi connectivity index (χ2v) is 4.87. The predicted molar refractivity (Wildman–Crippen MR) is 79.9 cm³/mol. The third-order valence-electron chi connectivity index (χ3n) is 3.39. The summed E-state index contributed by atoms with van der Waals surface area (Å²) in [5.41, 5.74) is 2.57. The van der Waals surface area contributed by atoms with Gasteiger partial charge in [-0.1, -0.05) is 0 Å². The second-order valence-electron chi connectivity index (χ2n) is 4.87. The zero-order chi connectivity index (χ0) is 15.0. The van der Waals surface area contributed by atoms with Crippen molar-refractivity contribution in [2.24, 2.45) is 0 Å². The lowest BCUT2D eigenvalue weighted by molar-refractivity contribution is 0.0699. The SMILES string of the molecule is COc1ccc(-c2cc3c(C(=O)O)cc(C)cc3o2)cc1. The normalized spacial score (nSPS) is 10.8. The molecule has 1 aromatic heterocycles. The highest BCUT2D eigenvalue weighted by atomic mass is 16.5. The maximum Gasteiger partial charge on any atom is 0.336 e. The highest BCUT2D eigenvalue weighted by Crippen LogP contribution is 2.31. The summed E-state index contributed by atoms with van der Waals surface area (Å²) < 4.78 is 10.9. The number of furan rings is 1. The number of aromatic carboxylic acids is 1. The van der Waals surface area contributed by atoms with Crippen molar-refractivity contribution in [1.29, 1.82) is 0 Å². The molecule has 1 N–H and O–H groups in total. The van der Waals surface area contributed by atoms with Crippen molar-refractivity contribution in [3.8, 4) is 17.1 Å². The quantitative estimate of drug-likeness (QED) is 0.785. The van der Waals surface area contributed by atoms with Crippen LogP contribution in [0.2, 0.25) is 0 Å². The lowest BCUT2D eigenvalue weighted by Gasteiger charge is -2.00. The Labute approximate surface area is 121 Å². The summed E-state index contributed by atoms with van der Waals surface area (Å²) in [5.74, 6) is 0.448. The monoisotopic (exact) mass is 282 g/mol. The fourth-order valence-electron chi connectivity index (χ4n) is 2.35. The summed E-state index contributed by atoms with van der Waals surface area (Å²) in [7, 11) is 1.61. The molecule has 4 nitrogen and oxygen atoms in total. The lowest BCUT2D eigenvalue weighted by Crippen LogP contribution is -1.96. The molecule has 0 aliphatic carbocycles. The van der Waals surface area contributed by atoms with Gasteiger partial charge in [0.15, 0.2) is 0 Å². The zero-order valence-corrected chi connectivity index (χ0v) is 11.7. The molecule has 0 spiro atoms. The van der Waals surface area contributed by atoms with Gasteiger partial charge in [-0.2, -0.15) is 0 Å². The average Bonchev–Trinajstić information content (AvgIpc) is 2.90. The van der Waals surface area contributed by atoms with Gasteiger partial charge in [0.1, 0.15) is 17.1 Å². The smallest absolute Gasteiger partial charge is 0.336 e. The van der Waals surface area contributed by atoms with E-state index in [1.165, 1.54) is 0 Å². The Balaban J connectivity index is 2.16. The summed E-state index contributed by atoms with van der Waals surface area (Å²) >= 11 is 0. The number of methoxy groups -OCH3 is 1. The van der Waals surface area contributed by atoms with Crippen LogP contribution in [0.3, 0.4) is 0 Å². The molecule has 2 aromatic carbocycles. The molecule has 0 bridgehead atoms. The van der Waals surface area contributed by atoms with Crippen molar-refractivity contribution in [1.82, 2.24) is 0 Å². The molecular weight excluding hydrogens is 268 g/mol. The molecule has 4 heteroatoms. The fourth-order valence-corrected chi connectivity index (χ4v) is 2.35. The molecule has 106 valence electrons. The van der Waals surface area contributed by atoms with E-state index in [1.54, 1.807) is 19.2 Å². The van der Waals surface area contributed by atoms with E-state index in [0.29, 0.717) is 16.7 Å². The fraction of sp³-hybridized carbons (Fsp3) is 0.118. The molecule has 0 unspecified atom stereocenters. The van der Waals surface area contributed by atoms with E-state index < -0.39 is 5.97 Å². The first-order valence-electron chi connectivity index (χ1n) is 6.50. The number of carboxylic acid groups (broad SMARTS) is 1. The van der Waals surface area contributed by atoms with Gasteiger partial charge >= 0.3 is 5.97 Å². The largest absolute Gasteiger partial charge is 0.497 e. The van der Waals surface area contributed by atoms with Gasteiger partial charge in [0.25, 0.3) is 0 Å². The lowest BCUT2D eigenvalue weighted by atomic mass is 10.1. The minimum Gasteiger partial charge on any atom is -0.497 e. The van der Waals surface area contributed by atoms with Crippen LogP contribution in [0.15, 0.2) is 46.9 Å². The van der Waals surface area contributed by atoms with Gasteiger partial charge in [0.05, 0.1) is 12.7 Å². The number of hydrogen-bond donors (Lipinski definition) is 1. The van der Waals surface area contributed by atoms with Gasteiger partial charge in [-0.15, -0.1) is 0 Å². The highest BCUT2D eigenvalue weighted by molar-refractivity contribution is 6.03. The van der Waals surface area contributed by atoms with Crippen LogP contribution in [-0.4, -0.2) is 18.2 Å². The van der Waals surface area contributed by atoms with Crippen molar-refractivity contribution in [3.05, 3.63) is 53.6 Å². The van der Waals surface area contributed by atoms with E-state index in [4.69, 9.17) is 9.15 Å². The maximum absolute atomic E-state index is 11.3. The highest BCUT2D eigenvalue weighted by Gasteiger charge is 2.14. The average molecular weight is 282 g/mol. The molecule has 0 aliphatic rings. The van der Waals surface area contributed by atoms with Crippen LogP contribution in [0, 0.1) is 6.92 Å². The van der Waals surface area contributed by atoms with Gasteiger partial charge in [-0.25, -0.2) is 4.79 Å². The Morgan fingerprint density at radius 2 is 1.86 bits per heavy atom. The Bertz CT molecular complexity index is 813. The third-order valence-corrected chi connectivity index (χ3v) is 3.39. The molecule has 0 aliphatic heterocycles. The van der Waals surface area contributed by atoms with Crippen molar-refractivity contribution in [2.75, 3.05) is 7.11 Å². The van der Waals surface area contributed by atoms with E-state index in [1.807, 2.05) is 37.3 Å². The van der Waals surface area contributed by atoms with E-state index in [0.717, 1.165) is 16.9 Å². The minimum absolute atomic E-state index is 0.258. The molecule has 0 atom stereocenters. The molecule has 3 rings (SSSR count). The molecule has 1 heterocycles. The van der Waals surface area contributed by atoms with Crippen LogP contribution in [0.1, 0.15) is 15.9 Å². The van der Waals surface area contributed by atoms with E-state index >= 15 is 0 Å². The Hall–Kier alpha value is -2.75. The van der Waals surface area contributed by atoms with Crippen LogP contribution in [0.25, 0.3) is 22.3 Å². The summed E-state index contributed by atoms with van der Waals surface area (Å²) in [5, 5.41) is 9.91. The van der Waals surface area contributed by atoms with Crippen molar-refractivity contribution >= 4 is 16.9 Å². The van der Waals surface area contributed by atoms with Crippen LogP contribution in [-0.2, 0) is 0 Å². The predicted octanol–water partition coefficient (Wildman–Crippen LogP) is 4.12. The van der Waals surface area contributed by atoms with Gasteiger partial charge in [-0.3, -0.25) is 0 Å². The molecule has 0 saturated heterocycles. The summed E-state index contributed by atoms with van der Waals surface area (Å²) in [6, 6.07) is 12.7. The number of benzene rings is 2. The number of ether oxygens (including phenoxy) is 1. The van der Waals surface area contributed by atoms with Crippen LogP contribution >= 0.6 is 0 Å².